The lowest BCUT2D eigenvalue weighted by Crippen LogP contribution is -2.53. The lowest BCUT2D eigenvalue weighted by Gasteiger charge is -2.41. The number of amides is 1. The number of carbonyl (C=O) groups excluding carboxylic acids is 1. The molecule has 2 fully saturated rings. The molecule has 190 valence electrons. The molecule has 1 aromatic carbocycles. The Morgan fingerprint density at radius 2 is 1.94 bits per heavy atom. The van der Waals surface area contributed by atoms with Crippen LogP contribution in [0.25, 0.3) is 0 Å². The first-order valence-corrected chi connectivity index (χ1v) is 12.3. The van der Waals surface area contributed by atoms with Gasteiger partial charge < -0.3 is 25.3 Å². The summed E-state index contributed by atoms with van der Waals surface area (Å²) >= 11 is 0. The number of hydrogen-bond donors (Lipinski definition) is 3. The van der Waals surface area contributed by atoms with Crippen molar-refractivity contribution in [1.29, 1.82) is 0 Å². The average molecular weight is 486 g/mol. The first-order valence-electron chi connectivity index (χ1n) is 12.3. The summed E-state index contributed by atoms with van der Waals surface area (Å²) < 4.78 is 14.8. The van der Waals surface area contributed by atoms with E-state index in [9.17, 15) is 19.4 Å². The van der Waals surface area contributed by atoms with E-state index in [1.807, 2.05) is 23.6 Å². The highest BCUT2D eigenvalue weighted by Crippen LogP contribution is 2.29. The summed E-state index contributed by atoms with van der Waals surface area (Å²) in [7, 11) is 0. The number of halogens is 1. The Bertz CT molecular complexity index is 1060. The molecule has 2 aromatic rings. The maximum Gasteiger partial charge on any atom is 0.270 e. The van der Waals surface area contributed by atoms with Crippen molar-refractivity contribution in [3.8, 4) is 0 Å². The Morgan fingerprint density at radius 1 is 1.23 bits per heavy atom. The highest BCUT2D eigenvalue weighted by atomic mass is 19.1. The lowest BCUT2D eigenvalue weighted by molar-refractivity contribution is 0.0140. The van der Waals surface area contributed by atoms with Crippen molar-refractivity contribution in [3.05, 3.63) is 47.5 Å². The van der Waals surface area contributed by atoms with E-state index < -0.39 is 11.2 Å². The second-order valence-corrected chi connectivity index (χ2v) is 10.7. The topological polar surface area (TPSA) is 102 Å². The van der Waals surface area contributed by atoms with Crippen molar-refractivity contribution >= 4 is 17.5 Å². The highest BCUT2D eigenvalue weighted by Gasteiger charge is 2.31. The molecule has 1 aliphatic heterocycles. The fourth-order valence-corrected chi connectivity index (χ4v) is 4.87. The van der Waals surface area contributed by atoms with Crippen LogP contribution in [0.15, 0.2) is 30.5 Å². The van der Waals surface area contributed by atoms with E-state index in [0.717, 1.165) is 12.8 Å². The Morgan fingerprint density at radius 3 is 2.57 bits per heavy atom. The minimum absolute atomic E-state index is 0.00371. The van der Waals surface area contributed by atoms with Gasteiger partial charge in [-0.1, -0.05) is 6.07 Å². The van der Waals surface area contributed by atoms with Gasteiger partial charge in [-0.25, -0.2) is 14.4 Å². The molecular weight excluding hydrogens is 449 g/mol. The first-order chi connectivity index (χ1) is 16.4. The summed E-state index contributed by atoms with van der Waals surface area (Å²) in [5, 5.41) is 23.3. The lowest BCUT2D eigenvalue weighted by atomic mass is 9.83. The van der Waals surface area contributed by atoms with E-state index in [1.165, 1.54) is 6.07 Å². The van der Waals surface area contributed by atoms with Crippen molar-refractivity contribution in [2.45, 2.75) is 76.7 Å². The maximum absolute atomic E-state index is 14.8. The fraction of sp³-hybridized carbons (Fsp3) is 0.577. The molecule has 0 spiro atoms. The van der Waals surface area contributed by atoms with E-state index in [1.54, 1.807) is 38.2 Å². The molecule has 1 atom stereocenters. The van der Waals surface area contributed by atoms with Crippen LogP contribution >= 0.6 is 0 Å². The Balaban J connectivity index is 1.40. The number of aromatic nitrogens is 2. The third-order valence-corrected chi connectivity index (χ3v) is 7.15. The fourth-order valence-electron chi connectivity index (χ4n) is 4.87. The molecule has 1 unspecified atom stereocenters. The number of piperazine rings is 1. The molecule has 0 bridgehead atoms. The largest absolute Gasteiger partial charge is 0.390 e. The number of anilines is 2. The Kier molecular flexibility index (Phi) is 7.02. The van der Waals surface area contributed by atoms with Crippen LogP contribution in [-0.4, -0.2) is 63.4 Å². The Hall–Kier alpha value is -2.78. The molecule has 4 rings (SSSR count). The normalized spacial score (nSPS) is 25.5. The molecule has 35 heavy (non-hydrogen) atoms. The van der Waals surface area contributed by atoms with Crippen LogP contribution < -0.4 is 15.1 Å². The quantitative estimate of drug-likeness (QED) is 0.598. The monoisotopic (exact) mass is 485 g/mol. The van der Waals surface area contributed by atoms with Crippen LogP contribution in [-0.2, 0) is 5.60 Å². The average Bonchev–Trinajstić information content (AvgIpc) is 2.80. The zero-order valence-corrected chi connectivity index (χ0v) is 21.0. The summed E-state index contributed by atoms with van der Waals surface area (Å²) in [5.74, 6) is -0.112. The second-order valence-electron chi connectivity index (χ2n) is 10.7. The van der Waals surface area contributed by atoms with Crippen LogP contribution in [0.2, 0.25) is 0 Å². The van der Waals surface area contributed by atoms with Gasteiger partial charge in [0.15, 0.2) is 0 Å². The minimum atomic E-state index is -1.10. The van der Waals surface area contributed by atoms with Gasteiger partial charge in [-0.05, 0) is 77.1 Å². The van der Waals surface area contributed by atoms with Crippen molar-refractivity contribution in [2.24, 2.45) is 0 Å². The molecule has 8 nitrogen and oxygen atoms in total. The van der Waals surface area contributed by atoms with Crippen LogP contribution in [0, 0.1) is 5.82 Å². The molecule has 1 saturated heterocycles. The van der Waals surface area contributed by atoms with Gasteiger partial charge in [-0.2, -0.15) is 0 Å². The zero-order chi connectivity index (χ0) is 25.4. The predicted octanol–water partition coefficient (Wildman–Crippen LogP) is 2.98. The number of nitrogens with one attached hydrogen (secondary N) is 1. The van der Waals surface area contributed by atoms with Gasteiger partial charge in [0.05, 0.1) is 16.9 Å². The van der Waals surface area contributed by atoms with Crippen molar-refractivity contribution in [1.82, 2.24) is 15.3 Å². The molecule has 1 amide bonds. The summed E-state index contributed by atoms with van der Waals surface area (Å²) in [6.45, 7) is 8.86. The van der Waals surface area contributed by atoms with E-state index in [0.29, 0.717) is 55.4 Å². The minimum Gasteiger partial charge on any atom is -0.390 e. The van der Waals surface area contributed by atoms with Gasteiger partial charge >= 0.3 is 0 Å². The first kappa shape index (κ1) is 25.3. The van der Waals surface area contributed by atoms with Crippen LogP contribution in [0.4, 0.5) is 16.0 Å². The summed E-state index contributed by atoms with van der Waals surface area (Å²) in [5.41, 5.74) is -0.397. The van der Waals surface area contributed by atoms with Crippen molar-refractivity contribution in [3.63, 3.8) is 0 Å². The van der Waals surface area contributed by atoms with Gasteiger partial charge in [0, 0.05) is 37.9 Å². The van der Waals surface area contributed by atoms with E-state index in [-0.39, 0.29) is 23.8 Å². The van der Waals surface area contributed by atoms with Crippen molar-refractivity contribution in [2.75, 3.05) is 29.4 Å². The predicted molar refractivity (Wildman–Crippen MR) is 133 cm³/mol. The molecule has 1 aliphatic carbocycles. The molecular formula is C26H36FN5O3. The van der Waals surface area contributed by atoms with Gasteiger partial charge in [0.1, 0.15) is 11.5 Å². The smallest absolute Gasteiger partial charge is 0.270 e. The number of aliphatic hydroxyl groups is 2. The zero-order valence-electron chi connectivity index (χ0n) is 21.0. The molecule has 1 aromatic heterocycles. The van der Waals surface area contributed by atoms with Gasteiger partial charge in [-0.15, -0.1) is 0 Å². The van der Waals surface area contributed by atoms with Gasteiger partial charge in [0.25, 0.3) is 5.91 Å². The summed E-state index contributed by atoms with van der Waals surface area (Å²) in [6.07, 6.45) is 4.40. The SMILES string of the molecule is CC1CN(c2ccc(C(C)(C)O)cc2F)CCN1c1nccc(C(=O)NC2CCC(C)(O)CC2)n1. The standard InChI is InChI=1S/C26H36FN5O3/c1-17-16-31(22-6-5-18(15-20(22)27)25(2,3)34)13-14-32(17)24-28-12-9-21(30-24)23(33)29-19-7-10-26(4,35)11-8-19/h5-6,9,12,15,17,19,34-35H,7-8,10-11,13-14,16H2,1-4H3,(H,29,33). The van der Waals surface area contributed by atoms with E-state index in [4.69, 9.17) is 0 Å². The molecule has 2 heterocycles. The van der Waals surface area contributed by atoms with E-state index >= 15 is 0 Å². The van der Waals surface area contributed by atoms with Crippen LogP contribution in [0.3, 0.4) is 0 Å². The van der Waals surface area contributed by atoms with Crippen LogP contribution in [0.5, 0.6) is 0 Å². The molecule has 9 heteroatoms. The van der Waals surface area contributed by atoms with Gasteiger partial charge in [0.2, 0.25) is 5.95 Å². The van der Waals surface area contributed by atoms with Crippen LogP contribution in [0.1, 0.15) is 69.4 Å². The maximum atomic E-state index is 14.8. The molecule has 2 aliphatic rings. The number of rotatable bonds is 5. The third kappa shape index (κ3) is 5.90. The summed E-state index contributed by atoms with van der Waals surface area (Å²) in [4.78, 5) is 25.8. The number of benzene rings is 1. The second kappa shape index (κ2) is 9.70. The van der Waals surface area contributed by atoms with E-state index in [2.05, 4.69) is 15.3 Å². The van der Waals surface area contributed by atoms with Gasteiger partial charge in [-0.3, -0.25) is 4.79 Å². The third-order valence-electron chi connectivity index (χ3n) is 7.15. The number of hydrogen-bond acceptors (Lipinski definition) is 7. The molecule has 1 saturated carbocycles. The molecule has 3 N–H and O–H groups in total. The number of nitrogens with zero attached hydrogens (tertiary/aromatic N) is 4. The Labute approximate surface area is 206 Å². The summed E-state index contributed by atoms with van der Waals surface area (Å²) in [6, 6.07) is 6.51. The highest BCUT2D eigenvalue weighted by molar-refractivity contribution is 5.92. The molecule has 0 radical (unpaired) electrons. The van der Waals surface area contributed by atoms with Crippen molar-refractivity contribution < 1.29 is 19.4 Å². The number of carbonyl (C=O) groups is 1.